The molecular weight excluding hydrogens is 246 g/mol. The number of carbonyl (C=O) groups is 1. The van der Waals surface area contributed by atoms with Crippen LogP contribution in [0.15, 0.2) is 4.79 Å². The summed E-state index contributed by atoms with van der Waals surface area (Å²) in [5, 5.41) is 15.8. The van der Waals surface area contributed by atoms with Crippen molar-refractivity contribution in [3.8, 4) is 0 Å². The Labute approximate surface area is 112 Å². The highest BCUT2D eigenvalue weighted by molar-refractivity contribution is 5.95. The lowest BCUT2D eigenvalue weighted by Gasteiger charge is -2.25. The maximum Gasteiger partial charge on any atom is 0.279 e. The summed E-state index contributed by atoms with van der Waals surface area (Å²) in [4.78, 5) is 24.3. The molecule has 1 heterocycles. The number of aromatic nitrogens is 2. The highest BCUT2D eigenvalue weighted by atomic mass is 16.3. The fourth-order valence-corrected chi connectivity index (χ4v) is 1.83. The maximum atomic E-state index is 12.2. The largest absolute Gasteiger partial charge is 0.396 e. The Bertz CT molecular complexity index is 547. The van der Waals surface area contributed by atoms with E-state index in [0.717, 1.165) is 4.68 Å². The Hall–Kier alpha value is -1.69. The third-order valence-corrected chi connectivity index (χ3v) is 3.14. The van der Waals surface area contributed by atoms with Gasteiger partial charge in [-0.15, -0.1) is 0 Å². The van der Waals surface area contributed by atoms with Crippen LogP contribution in [-0.2, 0) is 7.05 Å². The molecule has 19 heavy (non-hydrogen) atoms. The van der Waals surface area contributed by atoms with Gasteiger partial charge in [-0.25, -0.2) is 4.68 Å². The lowest BCUT2D eigenvalue weighted by atomic mass is 10.00. The SMILES string of the molecule is Cc1nn(C)c(=O)c(C(=O)NC(C)(C)CCO)c1C. The van der Waals surface area contributed by atoms with E-state index < -0.39 is 17.0 Å². The second-order valence-corrected chi connectivity index (χ2v) is 5.33. The van der Waals surface area contributed by atoms with E-state index in [1.807, 2.05) is 0 Å². The Morgan fingerprint density at radius 1 is 1.42 bits per heavy atom. The van der Waals surface area contributed by atoms with E-state index >= 15 is 0 Å². The number of amides is 1. The molecule has 0 saturated carbocycles. The molecule has 1 amide bonds. The van der Waals surface area contributed by atoms with Crippen LogP contribution < -0.4 is 10.9 Å². The number of nitrogens with one attached hydrogen (secondary N) is 1. The van der Waals surface area contributed by atoms with Crippen LogP contribution in [-0.4, -0.2) is 32.9 Å². The van der Waals surface area contributed by atoms with Gasteiger partial charge in [-0.05, 0) is 39.7 Å². The summed E-state index contributed by atoms with van der Waals surface area (Å²) >= 11 is 0. The van der Waals surface area contributed by atoms with E-state index in [1.165, 1.54) is 7.05 Å². The van der Waals surface area contributed by atoms with Crippen LogP contribution in [0.5, 0.6) is 0 Å². The molecule has 1 aromatic heterocycles. The highest BCUT2D eigenvalue weighted by Crippen LogP contribution is 2.11. The van der Waals surface area contributed by atoms with Crippen LogP contribution in [0.1, 0.15) is 41.9 Å². The average molecular weight is 267 g/mol. The normalized spacial score (nSPS) is 11.5. The van der Waals surface area contributed by atoms with E-state index in [4.69, 9.17) is 5.11 Å². The van der Waals surface area contributed by atoms with E-state index in [2.05, 4.69) is 10.4 Å². The highest BCUT2D eigenvalue weighted by Gasteiger charge is 2.24. The number of carbonyl (C=O) groups excluding carboxylic acids is 1. The second kappa shape index (κ2) is 5.52. The van der Waals surface area contributed by atoms with Crippen molar-refractivity contribution in [1.82, 2.24) is 15.1 Å². The van der Waals surface area contributed by atoms with Crippen LogP contribution in [0.25, 0.3) is 0 Å². The minimum absolute atomic E-state index is 0.0281. The Balaban J connectivity index is 3.18. The van der Waals surface area contributed by atoms with Crippen molar-refractivity contribution in [1.29, 1.82) is 0 Å². The van der Waals surface area contributed by atoms with E-state index in [-0.39, 0.29) is 12.2 Å². The number of aliphatic hydroxyl groups is 1. The van der Waals surface area contributed by atoms with Crippen molar-refractivity contribution in [2.24, 2.45) is 7.05 Å². The molecular formula is C13H21N3O3. The molecule has 1 aromatic rings. The van der Waals surface area contributed by atoms with Gasteiger partial charge in [0.2, 0.25) is 0 Å². The number of aliphatic hydroxyl groups excluding tert-OH is 1. The first-order chi connectivity index (χ1) is 8.69. The molecule has 0 atom stereocenters. The number of nitrogens with zero attached hydrogens (tertiary/aromatic N) is 2. The molecule has 0 bridgehead atoms. The van der Waals surface area contributed by atoms with Crippen molar-refractivity contribution in [3.05, 3.63) is 27.2 Å². The summed E-state index contributed by atoms with van der Waals surface area (Å²) in [7, 11) is 1.52. The predicted octanol–water partition coefficient (Wildman–Crippen LogP) is 0.288. The summed E-state index contributed by atoms with van der Waals surface area (Å²) in [6, 6.07) is 0. The second-order valence-electron chi connectivity index (χ2n) is 5.33. The first kappa shape index (κ1) is 15.4. The van der Waals surface area contributed by atoms with Gasteiger partial charge in [0.15, 0.2) is 0 Å². The molecule has 0 aromatic carbocycles. The van der Waals surface area contributed by atoms with Gasteiger partial charge in [0.1, 0.15) is 5.56 Å². The fourth-order valence-electron chi connectivity index (χ4n) is 1.83. The first-order valence-electron chi connectivity index (χ1n) is 6.17. The van der Waals surface area contributed by atoms with Crippen molar-refractivity contribution in [2.75, 3.05) is 6.61 Å². The number of hydrogen-bond donors (Lipinski definition) is 2. The molecule has 1 rings (SSSR count). The Morgan fingerprint density at radius 3 is 2.53 bits per heavy atom. The lowest BCUT2D eigenvalue weighted by molar-refractivity contribution is 0.0896. The number of hydrogen-bond acceptors (Lipinski definition) is 4. The van der Waals surface area contributed by atoms with E-state index in [0.29, 0.717) is 17.7 Å². The lowest BCUT2D eigenvalue weighted by Crippen LogP contribution is -2.46. The molecule has 0 unspecified atom stereocenters. The summed E-state index contributed by atoms with van der Waals surface area (Å²) in [6.45, 7) is 7.03. The van der Waals surface area contributed by atoms with Gasteiger partial charge >= 0.3 is 0 Å². The minimum atomic E-state index is -0.569. The number of rotatable bonds is 4. The molecule has 0 radical (unpaired) electrons. The van der Waals surface area contributed by atoms with E-state index in [9.17, 15) is 9.59 Å². The zero-order chi connectivity index (χ0) is 14.8. The van der Waals surface area contributed by atoms with Gasteiger partial charge in [-0.2, -0.15) is 5.10 Å². The third kappa shape index (κ3) is 3.41. The van der Waals surface area contributed by atoms with E-state index in [1.54, 1.807) is 27.7 Å². The minimum Gasteiger partial charge on any atom is -0.396 e. The van der Waals surface area contributed by atoms with Gasteiger partial charge in [0, 0.05) is 19.2 Å². The molecule has 0 spiro atoms. The standard InChI is InChI=1S/C13H21N3O3/c1-8-9(2)15-16(5)12(19)10(8)11(18)14-13(3,4)6-7-17/h17H,6-7H2,1-5H3,(H,14,18). The molecule has 0 aliphatic carbocycles. The van der Waals surface area contributed by atoms with Gasteiger partial charge in [-0.3, -0.25) is 9.59 Å². The van der Waals surface area contributed by atoms with Crippen molar-refractivity contribution in [2.45, 2.75) is 39.7 Å². The van der Waals surface area contributed by atoms with Crippen molar-refractivity contribution < 1.29 is 9.90 Å². The molecule has 106 valence electrons. The molecule has 6 heteroatoms. The number of aryl methyl sites for hydroxylation is 2. The van der Waals surface area contributed by atoms with Crippen LogP contribution in [0, 0.1) is 13.8 Å². The zero-order valence-corrected chi connectivity index (χ0v) is 12.1. The Kier molecular flexibility index (Phi) is 4.47. The summed E-state index contributed by atoms with van der Waals surface area (Å²) in [6.07, 6.45) is 0.419. The Morgan fingerprint density at radius 2 is 2.00 bits per heavy atom. The van der Waals surface area contributed by atoms with Crippen LogP contribution in [0.2, 0.25) is 0 Å². The van der Waals surface area contributed by atoms with Gasteiger partial charge in [0.05, 0.1) is 5.69 Å². The third-order valence-electron chi connectivity index (χ3n) is 3.14. The van der Waals surface area contributed by atoms with Gasteiger partial charge in [-0.1, -0.05) is 0 Å². The molecule has 0 aliphatic rings. The smallest absolute Gasteiger partial charge is 0.279 e. The molecule has 0 aliphatic heterocycles. The molecule has 0 fully saturated rings. The van der Waals surface area contributed by atoms with Gasteiger partial charge in [0.25, 0.3) is 11.5 Å². The van der Waals surface area contributed by atoms with Crippen LogP contribution in [0.3, 0.4) is 0 Å². The monoisotopic (exact) mass is 267 g/mol. The summed E-state index contributed by atoms with van der Waals surface area (Å²) in [5.41, 5.74) is 0.356. The average Bonchev–Trinajstić information content (AvgIpc) is 2.25. The zero-order valence-electron chi connectivity index (χ0n) is 12.1. The fraction of sp³-hybridized carbons (Fsp3) is 0.615. The molecule has 6 nitrogen and oxygen atoms in total. The van der Waals surface area contributed by atoms with Crippen LogP contribution >= 0.6 is 0 Å². The van der Waals surface area contributed by atoms with Crippen molar-refractivity contribution in [3.63, 3.8) is 0 Å². The van der Waals surface area contributed by atoms with Crippen LogP contribution in [0.4, 0.5) is 0 Å². The maximum absolute atomic E-state index is 12.2. The summed E-state index contributed by atoms with van der Waals surface area (Å²) in [5.74, 6) is -0.429. The van der Waals surface area contributed by atoms with Gasteiger partial charge < -0.3 is 10.4 Å². The topological polar surface area (TPSA) is 84.2 Å². The quantitative estimate of drug-likeness (QED) is 0.821. The predicted molar refractivity (Wildman–Crippen MR) is 72.2 cm³/mol. The molecule has 2 N–H and O–H groups in total. The first-order valence-corrected chi connectivity index (χ1v) is 6.17. The molecule has 0 saturated heterocycles. The van der Waals surface area contributed by atoms with Crippen molar-refractivity contribution >= 4 is 5.91 Å². The summed E-state index contributed by atoms with van der Waals surface area (Å²) < 4.78 is 1.16.